The molecule has 2 heterocycles. The number of hydrogen-bond donors (Lipinski definition) is 1. The monoisotopic (exact) mass is 399 g/mol. The Bertz CT molecular complexity index is 818. The quantitative estimate of drug-likeness (QED) is 0.808. The van der Waals surface area contributed by atoms with Gasteiger partial charge in [-0.3, -0.25) is 14.5 Å². The number of nitrogens with zero attached hydrogens (tertiary/aromatic N) is 2. The summed E-state index contributed by atoms with van der Waals surface area (Å²) in [7, 11) is 0. The lowest BCUT2D eigenvalue weighted by Crippen LogP contribution is -2.52. The minimum atomic E-state index is -0.244. The molecule has 0 spiro atoms. The van der Waals surface area contributed by atoms with Crippen molar-refractivity contribution < 1.29 is 18.7 Å². The van der Waals surface area contributed by atoms with Crippen LogP contribution in [0.4, 0.5) is 0 Å². The first-order valence-corrected chi connectivity index (χ1v) is 9.89. The summed E-state index contributed by atoms with van der Waals surface area (Å²) in [5, 5.41) is 2.97. The van der Waals surface area contributed by atoms with Gasteiger partial charge in [-0.1, -0.05) is 18.2 Å². The van der Waals surface area contributed by atoms with Crippen molar-refractivity contribution in [2.45, 2.75) is 32.9 Å². The van der Waals surface area contributed by atoms with Crippen molar-refractivity contribution in [1.29, 1.82) is 0 Å². The van der Waals surface area contributed by atoms with Crippen LogP contribution in [0.1, 0.15) is 36.9 Å². The van der Waals surface area contributed by atoms with E-state index in [4.69, 9.17) is 9.15 Å². The van der Waals surface area contributed by atoms with E-state index in [2.05, 4.69) is 10.2 Å². The number of carbonyl (C=O) groups excluding carboxylic acids is 2. The van der Waals surface area contributed by atoms with Gasteiger partial charge in [-0.2, -0.15) is 0 Å². The van der Waals surface area contributed by atoms with E-state index < -0.39 is 0 Å². The fourth-order valence-corrected chi connectivity index (χ4v) is 3.23. The molecule has 0 radical (unpaired) electrons. The molecule has 1 saturated heterocycles. The summed E-state index contributed by atoms with van der Waals surface area (Å²) in [4.78, 5) is 28.8. The lowest BCUT2D eigenvalue weighted by molar-refractivity contribution is -0.124. The Balaban J connectivity index is 1.51. The number of nitrogens with one attached hydrogen (secondary N) is 1. The van der Waals surface area contributed by atoms with Gasteiger partial charge < -0.3 is 19.4 Å². The van der Waals surface area contributed by atoms with Crippen LogP contribution in [0.5, 0.6) is 5.75 Å². The van der Waals surface area contributed by atoms with Crippen molar-refractivity contribution in [3.05, 3.63) is 54.0 Å². The minimum Gasteiger partial charge on any atom is -0.489 e. The number of para-hydroxylation sites is 1. The van der Waals surface area contributed by atoms with Gasteiger partial charge in [0.15, 0.2) is 5.76 Å². The molecule has 156 valence electrons. The van der Waals surface area contributed by atoms with Crippen LogP contribution < -0.4 is 10.1 Å². The number of ether oxygens (including phenoxy) is 1. The van der Waals surface area contributed by atoms with E-state index in [0.717, 1.165) is 11.3 Å². The van der Waals surface area contributed by atoms with Gasteiger partial charge in [-0.25, -0.2) is 0 Å². The maximum absolute atomic E-state index is 12.9. The summed E-state index contributed by atoms with van der Waals surface area (Å²) in [6.45, 7) is 8.92. The van der Waals surface area contributed by atoms with Crippen molar-refractivity contribution in [2.75, 3.05) is 32.7 Å². The molecule has 2 aromatic rings. The van der Waals surface area contributed by atoms with Gasteiger partial charge in [0.05, 0.1) is 12.8 Å². The summed E-state index contributed by atoms with van der Waals surface area (Å²) in [6.07, 6.45) is 1.52. The van der Waals surface area contributed by atoms with E-state index >= 15 is 0 Å². The van der Waals surface area contributed by atoms with Gasteiger partial charge in [0.1, 0.15) is 12.4 Å². The van der Waals surface area contributed by atoms with E-state index in [1.165, 1.54) is 6.26 Å². The second kappa shape index (κ2) is 9.13. The van der Waals surface area contributed by atoms with Crippen LogP contribution in [-0.4, -0.2) is 59.9 Å². The highest BCUT2D eigenvalue weighted by molar-refractivity contribution is 5.93. The topological polar surface area (TPSA) is 75.0 Å². The molecule has 1 aliphatic heterocycles. The number of rotatable bonds is 6. The molecule has 0 aliphatic carbocycles. The summed E-state index contributed by atoms with van der Waals surface area (Å²) in [5.74, 6) is 0.929. The largest absolute Gasteiger partial charge is 0.489 e. The van der Waals surface area contributed by atoms with Gasteiger partial charge in [-0.05, 0) is 39.0 Å². The number of furan rings is 1. The summed E-state index contributed by atoms with van der Waals surface area (Å²) >= 11 is 0. The Morgan fingerprint density at radius 1 is 1.07 bits per heavy atom. The number of amides is 2. The predicted octanol–water partition coefficient (Wildman–Crippen LogP) is 2.53. The van der Waals surface area contributed by atoms with Crippen LogP contribution in [0.2, 0.25) is 0 Å². The molecule has 0 saturated carbocycles. The molecule has 1 N–H and O–H groups in total. The van der Waals surface area contributed by atoms with Crippen LogP contribution in [0, 0.1) is 0 Å². The van der Waals surface area contributed by atoms with Crippen LogP contribution in [0.3, 0.4) is 0 Å². The van der Waals surface area contributed by atoms with Crippen molar-refractivity contribution in [2.24, 2.45) is 0 Å². The first kappa shape index (κ1) is 20.9. The van der Waals surface area contributed by atoms with Crippen molar-refractivity contribution in [1.82, 2.24) is 15.1 Å². The van der Waals surface area contributed by atoms with E-state index in [-0.39, 0.29) is 24.0 Å². The Morgan fingerprint density at radius 3 is 2.41 bits per heavy atom. The highest BCUT2D eigenvalue weighted by Crippen LogP contribution is 2.18. The molecule has 1 fully saturated rings. The fourth-order valence-electron chi connectivity index (χ4n) is 3.23. The number of carbonyl (C=O) groups is 2. The summed E-state index contributed by atoms with van der Waals surface area (Å²) in [6, 6.07) is 11.2. The van der Waals surface area contributed by atoms with Gasteiger partial charge in [-0.15, -0.1) is 0 Å². The molecule has 1 aliphatic rings. The van der Waals surface area contributed by atoms with Crippen molar-refractivity contribution in [3.8, 4) is 5.75 Å². The second-order valence-corrected chi connectivity index (χ2v) is 8.24. The average molecular weight is 399 g/mol. The zero-order valence-electron chi connectivity index (χ0n) is 17.3. The zero-order valence-corrected chi connectivity index (χ0v) is 17.3. The number of hydrogen-bond acceptors (Lipinski definition) is 5. The molecule has 2 amide bonds. The molecule has 0 atom stereocenters. The molecule has 1 aromatic heterocycles. The number of benzene rings is 1. The molecular formula is C22H29N3O4. The first-order chi connectivity index (χ1) is 13.8. The lowest BCUT2D eigenvalue weighted by Gasteiger charge is -2.34. The lowest BCUT2D eigenvalue weighted by atomic mass is 10.1. The molecule has 7 nitrogen and oxygen atoms in total. The predicted molar refractivity (Wildman–Crippen MR) is 110 cm³/mol. The van der Waals surface area contributed by atoms with E-state index in [1.54, 1.807) is 11.0 Å². The first-order valence-electron chi connectivity index (χ1n) is 9.89. The Kier molecular flexibility index (Phi) is 6.59. The molecule has 3 rings (SSSR count). The SMILES string of the molecule is CC(C)(C)NC(=O)CN1CCN(C(=O)c2occc2COc2ccccc2)CC1. The normalized spacial score (nSPS) is 15.2. The fraction of sp³-hybridized carbons (Fsp3) is 0.455. The van der Waals surface area contributed by atoms with Gasteiger partial charge in [0.2, 0.25) is 5.91 Å². The standard InChI is InChI=1S/C22H29N3O4/c1-22(2,3)23-19(26)15-24-10-12-25(13-11-24)21(27)20-17(9-14-28-20)16-29-18-7-5-4-6-8-18/h4-9,14H,10-13,15-16H2,1-3H3,(H,23,26). The van der Waals surface area contributed by atoms with Crippen LogP contribution >= 0.6 is 0 Å². The molecule has 0 unspecified atom stereocenters. The van der Waals surface area contributed by atoms with E-state index in [0.29, 0.717) is 38.5 Å². The highest BCUT2D eigenvalue weighted by atomic mass is 16.5. The summed E-state index contributed by atoms with van der Waals surface area (Å²) < 4.78 is 11.2. The molecular weight excluding hydrogens is 370 g/mol. The Morgan fingerprint density at radius 2 is 1.76 bits per heavy atom. The van der Waals surface area contributed by atoms with Crippen LogP contribution in [0.15, 0.2) is 47.1 Å². The van der Waals surface area contributed by atoms with Crippen LogP contribution in [0.25, 0.3) is 0 Å². The van der Waals surface area contributed by atoms with Gasteiger partial charge in [0, 0.05) is 37.3 Å². The summed E-state index contributed by atoms with van der Waals surface area (Å²) in [5.41, 5.74) is 0.484. The van der Waals surface area contributed by atoms with Crippen LogP contribution in [-0.2, 0) is 11.4 Å². The van der Waals surface area contributed by atoms with Gasteiger partial charge >= 0.3 is 0 Å². The molecule has 29 heavy (non-hydrogen) atoms. The molecule has 0 bridgehead atoms. The third kappa shape index (κ3) is 6.09. The van der Waals surface area contributed by atoms with E-state index in [9.17, 15) is 9.59 Å². The maximum Gasteiger partial charge on any atom is 0.290 e. The smallest absolute Gasteiger partial charge is 0.290 e. The Labute approximate surface area is 171 Å². The number of piperazine rings is 1. The minimum absolute atomic E-state index is 0.00339. The van der Waals surface area contributed by atoms with Crippen molar-refractivity contribution in [3.63, 3.8) is 0 Å². The second-order valence-electron chi connectivity index (χ2n) is 8.24. The Hall–Kier alpha value is -2.80. The van der Waals surface area contributed by atoms with Crippen molar-refractivity contribution >= 4 is 11.8 Å². The third-order valence-corrected chi connectivity index (χ3v) is 4.62. The molecule has 1 aromatic carbocycles. The average Bonchev–Trinajstić information content (AvgIpc) is 3.14. The zero-order chi connectivity index (χ0) is 20.9. The molecule has 7 heteroatoms. The third-order valence-electron chi connectivity index (χ3n) is 4.62. The highest BCUT2D eigenvalue weighted by Gasteiger charge is 2.27. The maximum atomic E-state index is 12.9. The van der Waals surface area contributed by atoms with E-state index in [1.807, 2.05) is 51.1 Å². The van der Waals surface area contributed by atoms with Gasteiger partial charge in [0.25, 0.3) is 5.91 Å².